The van der Waals surface area contributed by atoms with E-state index in [0.717, 1.165) is 29.1 Å². The van der Waals surface area contributed by atoms with Crippen molar-refractivity contribution in [2.75, 3.05) is 0 Å². The third kappa shape index (κ3) is 4.33. The van der Waals surface area contributed by atoms with Crippen molar-refractivity contribution in [2.45, 2.75) is 46.3 Å². The summed E-state index contributed by atoms with van der Waals surface area (Å²) in [5.74, 6) is -0.697. The molecule has 2 rings (SSSR count). The van der Waals surface area contributed by atoms with Crippen molar-refractivity contribution in [3.8, 4) is 0 Å². The van der Waals surface area contributed by atoms with Crippen molar-refractivity contribution in [2.24, 2.45) is 5.10 Å². The molecule has 4 nitrogen and oxygen atoms in total. The minimum Gasteiger partial charge on any atom is -0.343 e. The summed E-state index contributed by atoms with van der Waals surface area (Å²) >= 11 is 0. The lowest BCUT2D eigenvalue weighted by atomic mass is 10.1. The van der Waals surface area contributed by atoms with E-state index >= 15 is 0 Å². The summed E-state index contributed by atoms with van der Waals surface area (Å²) in [4.78, 5) is 12.0. The lowest BCUT2D eigenvalue weighted by Crippen LogP contribution is -2.24. The largest absolute Gasteiger partial charge is 0.416 e. The first-order chi connectivity index (χ1) is 11.9. The van der Waals surface area contributed by atoms with E-state index in [1.807, 2.05) is 19.9 Å². The monoisotopic (exact) mass is 365 g/mol. The number of nitrogens with one attached hydrogen (secondary N) is 1. The third-order valence-electron chi connectivity index (χ3n) is 3.96. The number of nitrogens with zero attached hydrogens (tertiary/aromatic N) is 2. The van der Waals surface area contributed by atoms with Crippen LogP contribution in [-0.4, -0.2) is 16.7 Å². The van der Waals surface area contributed by atoms with Gasteiger partial charge in [0.05, 0.1) is 11.8 Å². The van der Waals surface area contributed by atoms with Gasteiger partial charge >= 0.3 is 6.18 Å². The summed E-state index contributed by atoms with van der Waals surface area (Å²) in [6.07, 6.45) is -3.00. The van der Waals surface area contributed by atoms with Gasteiger partial charge in [-0.25, -0.2) is 5.43 Å². The maximum Gasteiger partial charge on any atom is 0.416 e. The molecule has 0 unspecified atom stereocenters. The van der Waals surface area contributed by atoms with E-state index in [2.05, 4.69) is 35.9 Å². The van der Waals surface area contributed by atoms with E-state index in [0.29, 0.717) is 0 Å². The van der Waals surface area contributed by atoms with Crippen LogP contribution in [0.4, 0.5) is 13.2 Å². The fourth-order valence-electron chi connectivity index (χ4n) is 3.01. The van der Waals surface area contributed by atoms with E-state index in [1.165, 1.54) is 18.3 Å². The molecule has 0 saturated carbocycles. The highest BCUT2D eigenvalue weighted by atomic mass is 19.4. The molecule has 1 N–H and O–H groups in total. The fourth-order valence-corrected chi connectivity index (χ4v) is 3.01. The number of aryl methyl sites for hydroxylation is 1. The molecular formula is C19H22F3N3O. The fraction of sp³-hybridized carbons (Fsp3) is 0.368. The predicted octanol–water partition coefficient (Wildman–Crippen LogP) is 4.64. The van der Waals surface area contributed by atoms with Gasteiger partial charge in [-0.2, -0.15) is 18.3 Å². The Morgan fingerprint density at radius 3 is 2.35 bits per heavy atom. The Kier molecular flexibility index (Phi) is 5.30. The van der Waals surface area contributed by atoms with Crippen LogP contribution in [0.5, 0.6) is 0 Å². The van der Waals surface area contributed by atoms with Gasteiger partial charge in [0.15, 0.2) is 0 Å². The number of hydrogen-bond donors (Lipinski definition) is 1. The Labute approximate surface area is 150 Å². The molecule has 0 radical (unpaired) electrons. The molecule has 0 fully saturated rings. The molecule has 7 heteroatoms. The van der Waals surface area contributed by atoms with Crippen LogP contribution in [0.3, 0.4) is 0 Å². The molecule has 2 aromatic rings. The van der Waals surface area contributed by atoms with Crippen molar-refractivity contribution in [3.63, 3.8) is 0 Å². The lowest BCUT2D eigenvalue weighted by molar-refractivity contribution is -0.137. The number of hydrazone groups is 1. The second kappa shape index (κ2) is 6.97. The van der Waals surface area contributed by atoms with Gasteiger partial charge in [-0.3, -0.25) is 4.79 Å². The number of aromatic nitrogens is 1. The Morgan fingerprint density at radius 1 is 1.15 bits per heavy atom. The highest BCUT2D eigenvalue weighted by Gasteiger charge is 2.30. The van der Waals surface area contributed by atoms with Gasteiger partial charge in [0.1, 0.15) is 0 Å². The summed E-state index contributed by atoms with van der Waals surface area (Å²) in [7, 11) is 0. The average molecular weight is 365 g/mol. The van der Waals surface area contributed by atoms with E-state index in [-0.39, 0.29) is 11.1 Å². The van der Waals surface area contributed by atoms with Crippen LogP contribution in [0.15, 0.2) is 35.4 Å². The number of hydrogen-bond acceptors (Lipinski definition) is 2. The number of benzene rings is 1. The van der Waals surface area contributed by atoms with Crippen molar-refractivity contribution < 1.29 is 18.0 Å². The predicted molar refractivity (Wildman–Crippen MR) is 95.4 cm³/mol. The molecule has 26 heavy (non-hydrogen) atoms. The number of carbonyl (C=O) groups is 1. The molecule has 1 amide bonds. The summed E-state index contributed by atoms with van der Waals surface area (Å²) < 4.78 is 40.3. The maximum atomic E-state index is 12.7. The normalized spacial score (nSPS) is 12.6. The highest BCUT2D eigenvalue weighted by molar-refractivity contribution is 5.95. The van der Waals surface area contributed by atoms with E-state index in [1.54, 1.807) is 0 Å². The van der Waals surface area contributed by atoms with Crippen LogP contribution in [0.2, 0.25) is 0 Å². The van der Waals surface area contributed by atoms with Crippen LogP contribution in [0, 0.1) is 13.8 Å². The third-order valence-corrected chi connectivity index (χ3v) is 3.96. The van der Waals surface area contributed by atoms with Gasteiger partial charge < -0.3 is 4.57 Å². The van der Waals surface area contributed by atoms with Crippen LogP contribution < -0.4 is 5.43 Å². The Balaban J connectivity index is 2.16. The minimum absolute atomic E-state index is 0.0957. The molecule has 1 heterocycles. The number of carbonyl (C=O) groups excluding carboxylic acids is 1. The van der Waals surface area contributed by atoms with Crippen LogP contribution >= 0.6 is 0 Å². The zero-order chi connectivity index (χ0) is 19.7. The molecule has 1 aromatic heterocycles. The van der Waals surface area contributed by atoms with Crippen LogP contribution in [0.25, 0.3) is 0 Å². The van der Waals surface area contributed by atoms with Gasteiger partial charge in [0.2, 0.25) is 0 Å². The lowest BCUT2D eigenvalue weighted by Gasteiger charge is -2.25. The van der Waals surface area contributed by atoms with Crippen molar-refractivity contribution in [1.82, 2.24) is 9.99 Å². The first kappa shape index (κ1) is 19.8. The zero-order valence-corrected chi connectivity index (χ0v) is 15.4. The molecule has 0 aliphatic heterocycles. The Bertz CT molecular complexity index is 843. The number of amides is 1. The summed E-state index contributed by atoms with van der Waals surface area (Å²) in [6.45, 7) is 10.2. The van der Waals surface area contributed by atoms with Gasteiger partial charge in [-0.1, -0.05) is 6.07 Å². The SMILES string of the molecule is Cc1cc(/C=N\NC(=O)c2cccc(C(F)(F)F)c2)c(C)n1C(C)(C)C. The molecule has 0 aliphatic carbocycles. The smallest absolute Gasteiger partial charge is 0.343 e. The van der Waals surface area contributed by atoms with Crippen LogP contribution in [0.1, 0.15) is 53.6 Å². The summed E-state index contributed by atoms with van der Waals surface area (Å²) in [6, 6.07) is 6.17. The Morgan fingerprint density at radius 2 is 1.81 bits per heavy atom. The zero-order valence-electron chi connectivity index (χ0n) is 15.4. The van der Waals surface area contributed by atoms with Crippen molar-refractivity contribution in [3.05, 3.63) is 58.4 Å². The van der Waals surface area contributed by atoms with Gasteiger partial charge in [-0.05, 0) is 58.9 Å². The topological polar surface area (TPSA) is 46.4 Å². The molecule has 0 atom stereocenters. The second-order valence-electron chi connectivity index (χ2n) is 7.11. The second-order valence-corrected chi connectivity index (χ2v) is 7.11. The van der Waals surface area contributed by atoms with Crippen molar-refractivity contribution >= 4 is 12.1 Å². The standard InChI is InChI=1S/C19H22F3N3O/c1-12-9-15(13(2)25(12)18(3,4)5)11-23-24-17(26)14-7-6-8-16(10-14)19(20,21)22/h6-11H,1-5H3,(H,24,26)/b23-11-. The van der Waals surface area contributed by atoms with E-state index in [9.17, 15) is 18.0 Å². The first-order valence-corrected chi connectivity index (χ1v) is 8.11. The van der Waals surface area contributed by atoms with Gasteiger partial charge in [0.25, 0.3) is 5.91 Å². The minimum atomic E-state index is -4.50. The van der Waals surface area contributed by atoms with E-state index < -0.39 is 17.6 Å². The van der Waals surface area contributed by atoms with Crippen molar-refractivity contribution in [1.29, 1.82) is 0 Å². The summed E-state index contributed by atoms with van der Waals surface area (Å²) in [5.41, 5.74) is 4.09. The Hall–Kier alpha value is -2.57. The molecule has 0 bridgehead atoms. The van der Waals surface area contributed by atoms with Crippen LogP contribution in [-0.2, 0) is 11.7 Å². The molecule has 0 aliphatic rings. The first-order valence-electron chi connectivity index (χ1n) is 8.11. The molecule has 140 valence electrons. The molecule has 0 spiro atoms. The quantitative estimate of drug-likeness (QED) is 0.625. The number of alkyl halides is 3. The summed E-state index contributed by atoms with van der Waals surface area (Å²) in [5, 5.41) is 3.89. The van der Waals surface area contributed by atoms with Gasteiger partial charge in [-0.15, -0.1) is 0 Å². The van der Waals surface area contributed by atoms with E-state index in [4.69, 9.17) is 0 Å². The maximum absolute atomic E-state index is 12.7. The average Bonchev–Trinajstić information content (AvgIpc) is 2.80. The number of rotatable bonds is 3. The van der Waals surface area contributed by atoms with Gasteiger partial charge in [0, 0.05) is 28.1 Å². The number of halogens is 3. The molecule has 1 aromatic carbocycles. The highest BCUT2D eigenvalue weighted by Crippen LogP contribution is 2.29. The molecular weight excluding hydrogens is 343 g/mol. The molecule has 0 saturated heterocycles.